The van der Waals surface area contributed by atoms with Crippen molar-refractivity contribution in [2.24, 2.45) is 5.92 Å². The summed E-state index contributed by atoms with van der Waals surface area (Å²) >= 11 is 0. The van der Waals surface area contributed by atoms with Crippen molar-refractivity contribution in [1.82, 2.24) is 5.32 Å². The molecule has 29 heavy (non-hydrogen) atoms. The first-order valence-corrected chi connectivity index (χ1v) is 9.97. The summed E-state index contributed by atoms with van der Waals surface area (Å²) in [7, 11) is 0. The van der Waals surface area contributed by atoms with Crippen LogP contribution < -0.4 is 21.3 Å². The van der Waals surface area contributed by atoms with Crippen LogP contribution in [0.4, 0.5) is 21.9 Å². The maximum absolute atomic E-state index is 12.6. The lowest BCUT2D eigenvalue weighted by atomic mass is 9.85. The maximum Gasteiger partial charge on any atom is 0.323 e. The Hall–Kier alpha value is -2.57. The summed E-state index contributed by atoms with van der Waals surface area (Å²) in [5.74, 6) is 0.663. The third kappa shape index (κ3) is 5.49. The lowest BCUT2D eigenvalue weighted by molar-refractivity contribution is -0.117. The van der Waals surface area contributed by atoms with Gasteiger partial charge in [0, 0.05) is 23.1 Å². The molecule has 1 aliphatic carbocycles. The second-order valence-electron chi connectivity index (χ2n) is 7.62. The molecule has 2 aromatic rings. The van der Waals surface area contributed by atoms with Crippen molar-refractivity contribution in [3.8, 4) is 0 Å². The molecule has 0 radical (unpaired) electrons. The summed E-state index contributed by atoms with van der Waals surface area (Å²) in [4.78, 5) is 24.6. The standard InChI is InChI=1S/C22H26N4O2.ClH/c27-21(20-14-15-6-4-5-9-19(15)26-20)23-17-10-12-18(13-11-17)25-22(28)24-16-7-2-1-3-8-16;/h1-3,7-8,10-13,15,19-20,26H,4-6,9,14H2,(H,23,27)(H2,24,25,28);1H. The van der Waals surface area contributed by atoms with E-state index < -0.39 is 0 Å². The fourth-order valence-corrected chi connectivity index (χ4v) is 4.20. The van der Waals surface area contributed by atoms with Crippen molar-refractivity contribution in [1.29, 1.82) is 0 Å². The predicted molar refractivity (Wildman–Crippen MR) is 119 cm³/mol. The molecular formula is C22H27ClN4O2. The van der Waals surface area contributed by atoms with E-state index >= 15 is 0 Å². The SMILES string of the molecule is Cl.O=C(Nc1ccccc1)Nc1ccc(NC(=O)C2CC3CCCCC3N2)cc1. The number of hydrogen-bond acceptors (Lipinski definition) is 3. The molecule has 3 amide bonds. The number of urea groups is 1. The lowest BCUT2D eigenvalue weighted by Crippen LogP contribution is -2.39. The molecule has 6 nitrogen and oxygen atoms in total. The topological polar surface area (TPSA) is 82.3 Å². The number of fused-ring (bicyclic) bond motifs is 1. The Balaban J connectivity index is 0.00000240. The fraction of sp³-hybridized carbons (Fsp3) is 0.364. The van der Waals surface area contributed by atoms with Crippen LogP contribution in [-0.2, 0) is 4.79 Å². The van der Waals surface area contributed by atoms with E-state index in [-0.39, 0.29) is 30.4 Å². The van der Waals surface area contributed by atoms with Crippen molar-refractivity contribution in [3.05, 3.63) is 54.6 Å². The molecule has 154 valence electrons. The van der Waals surface area contributed by atoms with Gasteiger partial charge in [0.2, 0.25) is 5.91 Å². The van der Waals surface area contributed by atoms with Gasteiger partial charge in [-0.2, -0.15) is 0 Å². The summed E-state index contributed by atoms with van der Waals surface area (Å²) < 4.78 is 0. The van der Waals surface area contributed by atoms with Gasteiger partial charge in [-0.05, 0) is 61.6 Å². The second kappa shape index (κ2) is 9.76. The molecule has 3 atom stereocenters. The molecule has 1 saturated heterocycles. The number of nitrogens with one attached hydrogen (secondary N) is 4. The smallest absolute Gasteiger partial charge is 0.323 e. The van der Waals surface area contributed by atoms with Crippen LogP contribution in [0.25, 0.3) is 0 Å². The zero-order valence-corrected chi connectivity index (χ0v) is 17.0. The highest BCUT2D eigenvalue weighted by Gasteiger charge is 2.38. The Morgan fingerprint density at radius 3 is 2.03 bits per heavy atom. The number of anilines is 3. The molecule has 0 aromatic heterocycles. The Morgan fingerprint density at radius 1 is 0.793 bits per heavy atom. The number of carbonyl (C=O) groups is 2. The van der Waals surface area contributed by atoms with Gasteiger partial charge in [-0.1, -0.05) is 31.0 Å². The fourth-order valence-electron chi connectivity index (χ4n) is 4.20. The third-order valence-corrected chi connectivity index (χ3v) is 5.62. The highest BCUT2D eigenvalue weighted by molar-refractivity contribution is 6.00. The zero-order valence-electron chi connectivity index (χ0n) is 16.2. The first-order chi connectivity index (χ1) is 13.7. The maximum atomic E-state index is 12.6. The quantitative estimate of drug-likeness (QED) is 0.589. The van der Waals surface area contributed by atoms with Crippen molar-refractivity contribution in [3.63, 3.8) is 0 Å². The molecule has 4 rings (SSSR count). The van der Waals surface area contributed by atoms with Crippen LogP contribution in [0.3, 0.4) is 0 Å². The van der Waals surface area contributed by atoms with Gasteiger partial charge < -0.3 is 21.3 Å². The van der Waals surface area contributed by atoms with Crippen molar-refractivity contribution in [2.45, 2.75) is 44.2 Å². The van der Waals surface area contributed by atoms with Crippen molar-refractivity contribution >= 4 is 41.4 Å². The second-order valence-corrected chi connectivity index (χ2v) is 7.62. The van der Waals surface area contributed by atoms with Gasteiger partial charge in [-0.25, -0.2) is 4.79 Å². The number of rotatable bonds is 4. The van der Waals surface area contributed by atoms with Crippen LogP contribution in [0.5, 0.6) is 0 Å². The van der Waals surface area contributed by atoms with Gasteiger partial charge in [0.25, 0.3) is 0 Å². The Morgan fingerprint density at radius 2 is 1.38 bits per heavy atom. The zero-order chi connectivity index (χ0) is 19.3. The number of hydrogen-bond donors (Lipinski definition) is 4. The molecule has 1 heterocycles. The van der Waals surface area contributed by atoms with Gasteiger partial charge >= 0.3 is 6.03 Å². The highest BCUT2D eigenvalue weighted by Crippen LogP contribution is 2.33. The monoisotopic (exact) mass is 414 g/mol. The van der Waals surface area contributed by atoms with E-state index in [4.69, 9.17) is 0 Å². The van der Waals surface area contributed by atoms with E-state index in [1.165, 1.54) is 25.7 Å². The minimum Gasteiger partial charge on any atom is -0.325 e. The molecule has 0 bridgehead atoms. The van der Waals surface area contributed by atoms with Crippen LogP contribution >= 0.6 is 12.4 Å². The average Bonchev–Trinajstić information content (AvgIpc) is 3.15. The summed E-state index contributed by atoms with van der Waals surface area (Å²) in [6.07, 6.45) is 5.88. The Bertz CT molecular complexity index is 814. The molecule has 2 aromatic carbocycles. The predicted octanol–water partition coefficient (Wildman–Crippen LogP) is 4.61. The molecule has 1 aliphatic heterocycles. The number of benzene rings is 2. The molecule has 3 unspecified atom stereocenters. The van der Waals surface area contributed by atoms with E-state index in [2.05, 4.69) is 21.3 Å². The summed E-state index contributed by atoms with van der Waals surface area (Å²) in [5, 5.41) is 12.0. The van der Waals surface area contributed by atoms with Crippen molar-refractivity contribution < 1.29 is 9.59 Å². The Kier molecular flexibility index (Phi) is 7.12. The molecule has 0 spiro atoms. The van der Waals surface area contributed by atoms with Crippen LogP contribution in [-0.4, -0.2) is 24.0 Å². The number of amides is 3. The van der Waals surface area contributed by atoms with E-state index in [1.807, 2.05) is 30.3 Å². The average molecular weight is 415 g/mol. The van der Waals surface area contributed by atoms with Gasteiger partial charge in [-0.15, -0.1) is 12.4 Å². The summed E-state index contributed by atoms with van der Waals surface area (Å²) in [5.41, 5.74) is 2.13. The molecule has 2 fully saturated rings. The molecular weight excluding hydrogens is 388 g/mol. The minimum atomic E-state index is -0.305. The molecule has 2 aliphatic rings. The van der Waals surface area contributed by atoms with Crippen molar-refractivity contribution in [2.75, 3.05) is 16.0 Å². The lowest BCUT2D eigenvalue weighted by Gasteiger charge is -2.24. The number of halogens is 1. The Labute approximate surface area is 177 Å². The van der Waals surface area contributed by atoms with Gasteiger partial charge in [0.1, 0.15) is 0 Å². The van der Waals surface area contributed by atoms with Gasteiger partial charge in [-0.3, -0.25) is 4.79 Å². The van der Waals surface area contributed by atoms with Crippen LogP contribution in [0.2, 0.25) is 0 Å². The molecule has 1 saturated carbocycles. The molecule has 7 heteroatoms. The van der Waals surface area contributed by atoms with Gasteiger partial charge in [0.15, 0.2) is 0 Å². The van der Waals surface area contributed by atoms with E-state index in [0.717, 1.165) is 17.8 Å². The minimum absolute atomic E-state index is 0. The van der Waals surface area contributed by atoms with Crippen LogP contribution in [0.15, 0.2) is 54.6 Å². The summed E-state index contributed by atoms with van der Waals surface area (Å²) in [6.45, 7) is 0. The normalized spacial score (nSPS) is 22.7. The first kappa shape index (κ1) is 21.1. The van der Waals surface area contributed by atoms with Crippen LogP contribution in [0.1, 0.15) is 32.1 Å². The number of carbonyl (C=O) groups excluding carboxylic acids is 2. The largest absolute Gasteiger partial charge is 0.325 e. The van der Waals surface area contributed by atoms with E-state index in [9.17, 15) is 9.59 Å². The molecule has 4 N–H and O–H groups in total. The third-order valence-electron chi connectivity index (χ3n) is 5.62. The highest BCUT2D eigenvalue weighted by atomic mass is 35.5. The van der Waals surface area contributed by atoms with E-state index in [1.54, 1.807) is 24.3 Å². The number of para-hydroxylation sites is 1. The van der Waals surface area contributed by atoms with Gasteiger partial charge in [0.05, 0.1) is 6.04 Å². The van der Waals surface area contributed by atoms with E-state index in [0.29, 0.717) is 17.6 Å². The van der Waals surface area contributed by atoms with Crippen LogP contribution in [0, 0.1) is 5.92 Å². The first-order valence-electron chi connectivity index (χ1n) is 9.97. The summed E-state index contributed by atoms with van der Waals surface area (Å²) in [6, 6.07) is 16.5.